The Balaban J connectivity index is 1.98. The Morgan fingerprint density at radius 2 is 1.67 bits per heavy atom. The van der Waals surface area contributed by atoms with E-state index in [1.54, 1.807) is 0 Å². The maximum absolute atomic E-state index is 14.7. The van der Waals surface area contributed by atoms with Crippen LogP contribution in [0, 0.1) is 11.6 Å². The third-order valence-electron chi connectivity index (χ3n) is 4.55. The first kappa shape index (κ1) is 24.5. The summed E-state index contributed by atoms with van der Waals surface area (Å²) < 4.78 is 91.2. The molecule has 0 heterocycles. The number of nitrogens with two attached hydrogens (primary N) is 1. The van der Waals surface area contributed by atoms with Gasteiger partial charge in [0.15, 0.2) is 9.84 Å². The van der Waals surface area contributed by atoms with Gasteiger partial charge < -0.3 is 11.1 Å². The molecule has 0 radical (unpaired) electrons. The second-order valence-electron chi connectivity index (χ2n) is 6.98. The second-order valence-corrected chi connectivity index (χ2v) is 9.37. The largest absolute Gasteiger partial charge is 0.417 e. The van der Waals surface area contributed by atoms with Gasteiger partial charge in [-0.25, -0.2) is 17.2 Å². The van der Waals surface area contributed by atoms with Crippen molar-refractivity contribution in [1.29, 1.82) is 0 Å². The molecule has 33 heavy (non-hydrogen) atoms. The van der Waals surface area contributed by atoms with Gasteiger partial charge in [0.1, 0.15) is 11.6 Å². The van der Waals surface area contributed by atoms with Gasteiger partial charge in [0.25, 0.3) is 5.91 Å². The Labute approximate surface area is 189 Å². The summed E-state index contributed by atoms with van der Waals surface area (Å²) in [7, 11) is -4.20. The van der Waals surface area contributed by atoms with Crippen molar-refractivity contribution in [2.75, 3.05) is 17.3 Å². The lowest BCUT2D eigenvalue weighted by atomic mass is 10.0. The van der Waals surface area contributed by atoms with Crippen LogP contribution in [-0.4, -0.2) is 20.6 Å². The Morgan fingerprint density at radius 3 is 2.24 bits per heavy atom. The summed E-state index contributed by atoms with van der Waals surface area (Å²) in [6.07, 6.45) is -4.40. The first-order chi connectivity index (χ1) is 15.2. The molecule has 0 unspecified atom stereocenters. The van der Waals surface area contributed by atoms with Crippen molar-refractivity contribution in [3.63, 3.8) is 0 Å². The van der Waals surface area contributed by atoms with Crippen LogP contribution in [0.1, 0.15) is 15.9 Å². The number of nitrogen functional groups attached to an aromatic ring is 1. The normalized spacial score (nSPS) is 12.0. The molecule has 1 amide bonds. The van der Waals surface area contributed by atoms with Crippen LogP contribution in [0.25, 0.3) is 11.1 Å². The number of hydrogen-bond acceptors (Lipinski definition) is 4. The van der Waals surface area contributed by atoms with Crippen LogP contribution in [0.5, 0.6) is 0 Å². The van der Waals surface area contributed by atoms with Gasteiger partial charge in [0, 0.05) is 28.8 Å². The van der Waals surface area contributed by atoms with Crippen LogP contribution in [0.15, 0.2) is 53.4 Å². The lowest BCUT2D eigenvalue weighted by Gasteiger charge is -2.15. The van der Waals surface area contributed by atoms with Crippen LogP contribution in [0.3, 0.4) is 0 Å². The zero-order valence-electron chi connectivity index (χ0n) is 16.6. The van der Waals surface area contributed by atoms with Crippen molar-refractivity contribution < 1.29 is 35.2 Å². The van der Waals surface area contributed by atoms with Crippen LogP contribution < -0.4 is 11.1 Å². The van der Waals surface area contributed by atoms with Gasteiger partial charge in [-0.1, -0.05) is 11.6 Å². The van der Waals surface area contributed by atoms with E-state index in [2.05, 4.69) is 5.32 Å². The number of amides is 1. The lowest BCUT2D eigenvalue weighted by molar-refractivity contribution is -0.139. The first-order valence-electron chi connectivity index (χ1n) is 8.95. The predicted molar refractivity (Wildman–Crippen MR) is 114 cm³/mol. The highest BCUT2D eigenvalue weighted by atomic mass is 35.5. The third kappa shape index (κ3) is 5.25. The Hall–Kier alpha value is -3.18. The maximum Gasteiger partial charge on any atom is 0.417 e. The number of rotatable bonds is 4. The van der Waals surface area contributed by atoms with Crippen LogP contribution >= 0.6 is 11.6 Å². The molecule has 0 bridgehead atoms. The molecule has 3 N–H and O–H groups in total. The van der Waals surface area contributed by atoms with Crippen molar-refractivity contribution in [2.24, 2.45) is 0 Å². The maximum atomic E-state index is 14.7. The predicted octanol–water partition coefficient (Wildman–Crippen LogP) is 5.54. The topological polar surface area (TPSA) is 89.3 Å². The highest BCUT2D eigenvalue weighted by Crippen LogP contribution is 2.37. The molecule has 0 aliphatic heterocycles. The average molecular weight is 505 g/mol. The van der Waals surface area contributed by atoms with Crippen LogP contribution in [-0.2, 0) is 16.0 Å². The number of halogens is 6. The quantitative estimate of drug-likeness (QED) is 0.360. The Morgan fingerprint density at radius 1 is 1.00 bits per heavy atom. The summed E-state index contributed by atoms with van der Waals surface area (Å²) in [5.41, 5.74) is 3.36. The molecule has 5 nitrogen and oxygen atoms in total. The van der Waals surface area contributed by atoms with Gasteiger partial charge in [-0.3, -0.25) is 4.79 Å². The highest BCUT2D eigenvalue weighted by molar-refractivity contribution is 7.90. The number of nitrogens with one attached hydrogen (secondary N) is 1. The zero-order valence-corrected chi connectivity index (χ0v) is 18.2. The van der Waals surface area contributed by atoms with Crippen molar-refractivity contribution in [3.05, 3.63) is 76.3 Å². The number of sulfone groups is 1. The summed E-state index contributed by atoms with van der Waals surface area (Å²) in [4.78, 5) is 11.6. The molecule has 0 aromatic heterocycles. The van der Waals surface area contributed by atoms with Crippen LogP contribution in [0.4, 0.5) is 33.3 Å². The van der Waals surface area contributed by atoms with E-state index in [1.165, 1.54) is 6.07 Å². The molecular formula is C21H14ClF5N2O3S. The molecule has 0 aliphatic rings. The molecule has 174 valence electrons. The Bertz CT molecular complexity index is 1380. The fourth-order valence-corrected chi connectivity index (χ4v) is 4.20. The van der Waals surface area contributed by atoms with E-state index in [0.717, 1.165) is 30.3 Å². The number of benzene rings is 3. The number of carbonyl (C=O) groups excluding carboxylic acids is 1. The summed E-state index contributed by atoms with van der Waals surface area (Å²) >= 11 is 6.08. The van der Waals surface area contributed by atoms with E-state index in [1.807, 2.05) is 0 Å². The molecule has 3 aromatic rings. The smallest absolute Gasteiger partial charge is 0.398 e. The van der Waals surface area contributed by atoms with Gasteiger partial charge in [0.05, 0.1) is 21.0 Å². The summed E-state index contributed by atoms with van der Waals surface area (Å²) in [5.74, 6) is -2.62. The second kappa shape index (κ2) is 8.64. The molecule has 0 fully saturated rings. The number of carbonyl (C=O) groups is 1. The molecule has 3 rings (SSSR count). The lowest BCUT2D eigenvalue weighted by Crippen LogP contribution is -2.16. The highest BCUT2D eigenvalue weighted by Gasteiger charge is 2.36. The van der Waals surface area contributed by atoms with Gasteiger partial charge >= 0.3 is 6.18 Å². The number of hydrogen-bond donors (Lipinski definition) is 2. The number of alkyl halides is 3. The van der Waals surface area contributed by atoms with E-state index in [4.69, 9.17) is 17.3 Å². The van der Waals surface area contributed by atoms with Gasteiger partial charge in [0.2, 0.25) is 0 Å². The Kier molecular flexibility index (Phi) is 6.40. The van der Waals surface area contributed by atoms with Crippen molar-refractivity contribution >= 4 is 38.7 Å². The monoisotopic (exact) mass is 504 g/mol. The van der Waals surface area contributed by atoms with Crippen molar-refractivity contribution in [3.8, 4) is 11.1 Å². The molecule has 3 aromatic carbocycles. The minimum absolute atomic E-state index is 0.0761. The van der Waals surface area contributed by atoms with E-state index >= 15 is 0 Å². The average Bonchev–Trinajstić information content (AvgIpc) is 2.68. The molecule has 0 aliphatic carbocycles. The SMILES string of the molecule is CS(=O)(=O)c1ccc(NC(=O)c2cc(F)c(-c3ccc(F)cc3N)cc2Cl)cc1C(F)(F)F. The van der Waals surface area contributed by atoms with Crippen molar-refractivity contribution in [2.45, 2.75) is 11.1 Å². The molecular weight excluding hydrogens is 491 g/mol. The van der Waals surface area contributed by atoms with E-state index in [0.29, 0.717) is 18.4 Å². The standard InChI is InChI=1S/C21H14ClF5N2O3S/c1-33(31,32)19-5-3-11(7-15(19)21(25,26)27)29-20(30)14-9-17(24)13(8-16(14)22)12-4-2-10(23)6-18(12)28/h2-9H,28H2,1H3,(H,29,30). The molecule has 0 spiro atoms. The van der Waals surface area contributed by atoms with Gasteiger partial charge in [-0.2, -0.15) is 13.2 Å². The number of anilines is 2. The van der Waals surface area contributed by atoms with Gasteiger partial charge in [-0.05, 0) is 48.5 Å². The first-order valence-corrected chi connectivity index (χ1v) is 11.2. The van der Waals surface area contributed by atoms with Crippen molar-refractivity contribution in [1.82, 2.24) is 0 Å². The van der Waals surface area contributed by atoms with E-state index in [9.17, 15) is 35.2 Å². The van der Waals surface area contributed by atoms with Crippen LogP contribution in [0.2, 0.25) is 5.02 Å². The molecule has 12 heteroatoms. The molecule has 0 saturated heterocycles. The summed E-state index contributed by atoms with van der Waals surface area (Å²) in [6.45, 7) is 0. The molecule has 0 atom stereocenters. The zero-order chi connectivity index (χ0) is 24.7. The minimum atomic E-state index is -5.01. The third-order valence-corrected chi connectivity index (χ3v) is 6.02. The summed E-state index contributed by atoms with van der Waals surface area (Å²) in [5, 5.41) is 1.88. The molecule has 0 saturated carbocycles. The minimum Gasteiger partial charge on any atom is -0.398 e. The van der Waals surface area contributed by atoms with E-state index < -0.39 is 49.6 Å². The fourth-order valence-electron chi connectivity index (χ4n) is 3.06. The van der Waals surface area contributed by atoms with Gasteiger partial charge in [-0.15, -0.1) is 0 Å². The fraction of sp³-hybridized carbons (Fsp3) is 0.0952. The summed E-state index contributed by atoms with van der Waals surface area (Å²) in [6, 6.07) is 7.19. The van der Waals surface area contributed by atoms with E-state index in [-0.39, 0.29) is 27.5 Å².